The van der Waals surface area contributed by atoms with Gasteiger partial charge in [0.05, 0.1) is 0 Å². The van der Waals surface area contributed by atoms with E-state index in [0.29, 0.717) is 0 Å². The summed E-state index contributed by atoms with van der Waals surface area (Å²) in [4.78, 5) is 0. The van der Waals surface area contributed by atoms with E-state index >= 15 is 0 Å². The van der Waals surface area contributed by atoms with Crippen molar-refractivity contribution in [2.75, 3.05) is 0 Å². The summed E-state index contributed by atoms with van der Waals surface area (Å²) >= 11 is 0. The fraction of sp³-hybridized carbons (Fsp3) is 0.429. The molecule has 1 rings (SSSR count). The summed E-state index contributed by atoms with van der Waals surface area (Å²) in [6.45, 7) is 11.1. The Balaban J connectivity index is 0. The Morgan fingerprint density at radius 3 is 2.21 bits per heavy atom. The third kappa shape index (κ3) is 6.47. The lowest BCUT2D eigenvalue weighted by Crippen LogP contribution is -1.91. The average molecular weight is 192 g/mol. The molecule has 0 saturated carbocycles. The molecule has 14 heavy (non-hydrogen) atoms. The molecule has 0 bridgehead atoms. The highest BCUT2D eigenvalue weighted by Gasteiger charge is 2.02. The minimum Gasteiger partial charge on any atom is -0.103 e. The van der Waals surface area contributed by atoms with Crippen molar-refractivity contribution in [2.45, 2.75) is 40.5 Å². The second-order valence-corrected chi connectivity index (χ2v) is 3.05. The summed E-state index contributed by atoms with van der Waals surface area (Å²) in [5.41, 5.74) is 2.85. The van der Waals surface area contributed by atoms with Crippen LogP contribution in [0.3, 0.4) is 0 Å². The largest absolute Gasteiger partial charge is 0.103 e. The van der Waals surface area contributed by atoms with Crippen LogP contribution < -0.4 is 0 Å². The third-order valence-electron chi connectivity index (χ3n) is 1.93. The lowest BCUT2D eigenvalue weighted by atomic mass is 9.95. The van der Waals surface area contributed by atoms with Gasteiger partial charge in [0.25, 0.3) is 0 Å². The van der Waals surface area contributed by atoms with Gasteiger partial charge in [-0.15, -0.1) is 6.58 Å². The summed E-state index contributed by atoms with van der Waals surface area (Å²) < 4.78 is 0. The van der Waals surface area contributed by atoms with Crippen molar-refractivity contribution in [1.82, 2.24) is 0 Å². The SMILES string of the molecule is C.C=CC.C=CC1=C/C(=C/C)CCC1. The zero-order valence-corrected chi connectivity index (χ0v) is 8.84. The van der Waals surface area contributed by atoms with Crippen LogP contribution in [-0.2, 0) is 0 Å². The standard InChI is InChI=1S/C10H14.C3H6.CH4/c1-3-9-6-5-7-10(4-2)8-9;1-3-2;/h3-4,8H,1,5-7H2,2H3;3H,1H2,2H3;1H4/b10-4+;;. The Bertz CT molecular complexity index is 216. The lowest BCUT2D eigenvalue weighted by molar-refractivity contribution is 0.797. The number of hydrogen-bond acceptors (Lipinski definition) is 0. The van der Waals surface area contributed by atoms with Gasteiger partial charge >= 0.3 is 0 Å². The zero-order chi connectivity index (χ0) is 10.1. The molecule has 0 heteroatoms. The highest BCUT2D eigenvalue weighted by Crippen LogP contribution is 2.22. The molecule has 0 aromatic heterocycles. The Hall–Kier alpha value is -1.04. The highest BCUT2D eigenvalue weighted by molar-refractivity contribution is 5.31. The molecule has 0 heterocycles. The van der Waals surface area contributed by atoms with Crippen molar-refractivity contribution in [3.63, 3.8) is 0 Å². The van der Waals surface area contributed by atoms with Crippen LogP contribution in [-0.4, -0.2) is 0 Å². The first-order valence-corrected chi connectivity index (χ1v) is 4.83. The van der Waals surface area contributed by atoms with Gasteiger partial charge < -0.3 is 0 Å². The Morgan fingerprint density at radius 1 is 1.21 bits per heavy atom. The molecule has 0 amide bonds. The second kappa shape index (κ2) is 10.0. The first-order valence-electron chi connectivity index (χ1n) is 4.83. The van der Waals surface area contributed by atoms with Crippen molar-refractivity contribution in [2.24, 2.45) is 0 Å². The van der Waals surface area contributed by atoms with Crippen LogP contribution in [0, 0.1) is 0 Å². The summed E-state index contributed by atoms with van der Waals surface area (Å²) in [5, 5.41) is 0. The van der Waals surface area contributed by atoms with Crippen molar-refractivity contribution in [1.29, 1.82) is 0 Å². The van der Waals surface area contributed by atoms with Gasteiger partial charge in [0, 0.05) is 0 Å². The fourth-order valence-electron chi connectivity index (χ4n) is 1.27. The van der Waals surface area contributed by atoms with Crippen molar-refractivity contribution >= 4 is 0 Å². The van der Waals surface area contributed by atoms with Gasteiger partial charge in [0.15, 0.2) is 0 Å². The van der Waals surface area contributed by atoms with E-state index < -0.39 is 0 Å². The summed E-state index contributed by atoms with van der Waals surface area (Å²) in [7, 11) is 0. The van der Waals surface area contributed by atoms with Crippen LogP contribution in [0.15, 0.2) is 48.6 Å². The van der Waals surface area contributed by atoms with Crippen LogP contribution in [0.1, 0.15) is 40.5 Å². The molecule has 80 valence electrons. The van der Waals surface area contributed by atoms with Crippen molar-refractivity contribution < 1.29 is 0 Å². The van der Waals surface area contributed by atoms with E-state index in [9.17, 15) is 0 Å². The van der Waals surface area contributed by atoms with Gasteiger partial charge in [-0.05, 0) is 38.7 Å². The van der Waals surface area contributed by atoms with Gasteiger partial charge in [0.2, 0.25) is 0 Å². The third-order valence-corrected chi connectivity index (χ3v) is 1.93. The maximum Gasteiger partial charge on any atom is -0.0276 e. The number of allylic oxidation sites excluding steroid dienone is 6. The second-order valence-electron chi connectivity index (χ2n) is 3.05. The first kappa shape index (κ1) is 15.4. The molecule has 0 atom stereocenters. The predicted molar refractivity (Wildman–Crippen MR) is 68.5 cm³/mol. The monoisotopic (exact) mass is 192 g/mol. The molecule has 0 spiro atoms. The molecule has 0 unspecified atom stereocenters. The van der Waals surface area contributed by atoms with E-state index in [1.807, 2.05) is 13.0 Å². The Kier molecular flexibility index (Phi) is 11.1. The van der Waals surface area contributed by atoms with Crippen molar-refractivity contribution in [3.05, 3.63) is 48.6 Å². The van der Waals surface area contributed by atoms with Gasteiger partial charge in [-0.3, -0.25) is 0 Å². The van der Waals surface area contributed by atoms with Crippen LogP contribution in [0.25, 0.3) is 0 Å². The van der Waals surface area contributed by atoms with Crippen LogP contribution in [0.4, 0.5) is 0 Å². The van der Waals surface area contributed by atoms with E-state index in [2.05, 4.69) is 32.2 Å². The molecule has 0 radical (unpaired) electrons. The van der Waals surface area contributed by atoms with Gasteiger partial charge in [-0.25, -0.2) is 0 Å². The van der Waals surface area contributed by atoms with Gasteiger partial charge in [-0.2, -0.15) is 0 Å². The maximum absolute atomic E-state index is 3.76. The molecule has 0 N–H and O–H groups in total. The number of rotatable bonds is 1. The van der Waals surface area contributed by atoms with E-state index in [4.69, 9.17) is 0 Å². The molecule has 0 aliphatic heterocycles. The van der Waals surface area contributed by atoms with Crippen LogP contribution in [0.5, 0.6) is 0 Å². The topological polar surface area (TPSA) is 0 Å². The summed E-state index contributed by atoms with van der Waals surface area (Å²) in [6.07, 6.45) is 11.9. The minimum absolute atomic E-state index is 0. The quantitative estimate of drug-likeness (QED) is 0.509. The molecule has 0 fully saturated rings. The zero-order valence-electron chi connectivity index (χ0n) is 8.84. The molecule has 0 saturated heterocycles. The molecule has 0 aromatic rings. The summed E-state index contributed by atoms with van der Waals surface area (Å²) in [6, 6.07) is 0. The molecule has 1 aliphatic carbocycles. The average Bonchev–Trinajstić information content (AvgIpc) is 2.19. The van der Waals surface area contributed by atoms with Crippen LogP contribution in [0.2, 0.25) is 0 Å². The number of hydrogen-bond donors (Lipinski definition) is 0. The Labute approximate surface area is 89.7 Å². The molecule has 1 aliphatic rings. The predicted octanol–water partition coefficient (Wildman–Crippen LogP) is 5.06. The van der Waals surface area contributed by atoms with E-state index in [0.717, 1.165) is 0 Å². The smallest absolute Gasteiger partial charge is 0.0276 e. The van der Waals surface area contributed by atoms with E-state index in [-0.39, 0.29) is 7.43 Å². The van der Waals surface area contributed by atoms with E-state index in [1.165, 1.54) is 30.4 Å². The first-order chi connectivity index (χ1) is 6.28. The van der Waals surface area contributed by atoms with E-state index in [1.54, 1.807) is 6.08 Å². The molecular formula is C14H24. The molecular weight excluding hydrogens is 168 g/mol. The molecule has 0 aromatic carbocycles. The van der Waals surface area contributed by atoms with Crippen LogP contribution >= 0.6 is 0 Å². The Morgan fingerprint density at radius 2 is 1.79 bits per heavy atom. The highest BCUT2D eigenvalue weighted by atomic mass is 14.1. The molecule has 0 nitrogen and oxygen atoms in total. The van der Waals surface area contributed by atoms with Gasteiger partial charge in [-0.1, -0.05) is 43.9 Å². The lowest BCUT2D eigenvalue weighted by Gasteiger charge is -2.10. The maximum atomic E-state index is 3.76. The summed E-state index contributed by atoms with van der Waals surface area (Å²) in [5.74, 6) is 0. The fourth-order valence-corrected chi connectivity index (χ4v) is 1.27. The van der Waals surface area contributed by atoms with Gasteiger partial charge in [0.1, 0.15) is 0 Å². The normalized spacial score (nSPS) is 17.0. The van der Waals surface area contributed by atoms with Crippen molar-refractivity contribution in [3.8, 4) is 0 Å². The minimum atomic E-state index is 0.